The van der Waals surface area contributed by atoms with Gasteiger partial charge in [-0.2, -0.15) is 10.2 Å². The number of aryl methyl sites for hydroxylation is 1. The molecule has 1 heterocycles. The van der Waals surface area contributed by atoms with E-state index in [0.29, 0.717) is 0 Å². The first-order valence-electron chi connectivity index (χ1n) is 3.82. The number of nitrogens with zero attached hydrogens (tertiary/aromatic N) is 2. The molecule has 0 radical (unpaired) electrons. The summed E-state index contributed by atoms with van der Waals surface area (Å²) in [5.74, 6) is 0. The third kappa shape index (κ3) is 3.02. The van der Waals surface area contributed by atoms with E-state index in [4.69, 9.17) is 9.90 Å². The van der Waals surface area contributed by atoms with Crippen LogP contribution < -0.4 is 0 Å². The van der Waals surface area contributed by atoms with Crippen LogP contribution in [-0.4, -0.2) is 11.6 Å². The molecule has 1 aromatic rings. The number of hydrogen-bond acceptors (Lipinski definition) is 3. The highest BCUT2D eigenvalue weighted by Crippen LogP contribution is 2.30. The molecule has 1 N–H and O–H groups in total. The van der Waals surface area contributed by atoms with Gasteiger partial charge in [-0.1, -0.05) is 29.8 Å². The Morgan fingerprint density at radius 3 is 2.15 bits per heavy atom. The van der Waals surface area contributed by atoms with Crippen LogP contribution in [-0.2, 0) is 4.79 Å². The molecule has 1 aromatic carbocycles. The lowest BCUT2D eigenvalue weighted by Gasteiger charge is -1.93. The third-order valence-corrected chi connectivity index (χ3v) is 1.61. The minimum Gasteiger partial charge on any atom is -0.483 e. The maximum Gasteiger partial charge on any atom is 0.290 e. The molecule has 0 saturated heterocycles. The molecule has 2 rings (SSSR count). The minimum atomic E-state index is -0.250. The lowest BCUT2D eigenvalue weighted by atomic mass is 10.1. The minimum absolute atomic E-state index is 0.153. The summed E-state index contributed by atoms with van der Waals surface area (Å²) in [5, 5.41) is 14.5. The number of rotatable bonds is 1. The summed E-state index contributed by atoms with van der Waals surface area (Å²) < 4.78 is 0. The fraction of sp³-hybridized carbons (Fsp3) is 0.222. The van der Waals surface area contributed by atoms with Crippen LogP contribution in [0, 0.1) is 6.92 Å². The van der Waals surface area contributed by atoms with Gasteiger partial charge in [0.2, 0.25) is 6.17 Å². The van der Waals surface area contributed by atoms with Crippen molar-refractivity contribution in [2.45, 2.75) is 13.1 Å². The molecule has 13 heavy (non-hydrogen) atoms. The average molecular weight is 178 g/mol. The zero-order chi connectivity index (χ0) is 9.68. The molecule has 0 aliphatic carbocycles. The van der Waals surface area contributed by atoms with E-state index in [2.05, 4.69) is 41.4 Å². The molecule has 0 amide bonds. The van der Waals surface area contributed by atoms with Gasteiger partial charge in [-0.25, -0.2) is 0 Å². The standard InChI is InChI=1S/C8H8N2.CH2O2/c1-6-2-4-7(5-3-6)8-9-10-8;2-1-3/h2-5,8H,1H3;1H,(H,2,3). The Hall–Kier alpha value is -1.71. The second-order valence-electron chi connectivity index (χ2n) is 2.62. The molecule has 1 aliphatic heterocycles. The smallest absolute Gasteiger partial charge is 0.290 e. The van der Waals surface area contributed by atoms with Crippen LogP contribution in [0.3, 0.4) is 0 Å². The number of carboxylic acid groups (broad SMARTS) is 1. The topological polar surface area (TPSA) is 62.0 Å². The SMILES string of the molecule is Cc1ccc(C2N=N2)cc1.O=CO. The molecule has 0 spiro atoms. The van der Waals surface area contributed by atoms with Crippen LogP contribution in [0.5, 0.6) is 0 Å². The van der Waals surface area contributed by atoms with Crippen molar-refractivity contribution in [3.05, 3.63) is 35.4 Å². The maximum atomic E-state index is 8.36. The second kappa shape index (κ2) is 4.35. The Bertz CT molecular complexity index is 300. The fourth-order valence-corrected chi connectivity index (χ4v) is 0.905. The number of carbonyl (C=O) groups is 1. The van der Waals surface area contributed by atoms with Gasteiger partial charge in [-0.05, 0) is 6.92 Å². The summed E-state index contributed by atoms with van der Waals surface area (Å²) in [5.41, 5.74) is 2.48. The molecular weight excluding hydrogens is 168 g/mol. The van der Waals surface area contributed by atoms with Gasteiger partial charge in [0.15, 0.2) is 0 Å². The van der Waals surface area contributed by atoms with Gasteiger partial charge in [0.05, 0.1) is 0 Å². The van der Waals surface area contributed by atoms with Crippen LogP contribution in [0.4, 0.5) is 0 Å². The van der Waals surface area contributed by atoms with Gasteiger partial charge in [-0.15, -0.1) is 0 Å². The summed E-state index contributed by atoms with van der Waals surface area (Å²) in [6.07, 6.45) is 0.153. The molecule has 68 valence electrons. The van der Waals surface area contributed by atoms with Crippen LogP contribution in [0.1, 0.15) is 17.3 Å². The highest BCUT2D eigenvalue weighted by atomic mass is 16.3. The van der Waals surface area contributed by atoms with Crippen molar-refractivity contribution in [1.82, 2.24) is 0 Å². The third-order valence-electron chi connectivity index (χ3n) is 1.61. The largest absolute Gasteiger partial charge is 0.483 e. The van der Waals surface area contributed by atoms with E-state index < -0.39 is 0 Å². The Labute approximate surface area is 75.9 Å². The summed E-state index contributed by atoms with van der Waals surface area (Å²) in [4.78, 5) is 8.36. The summed E-state index contributed by atoms with van der Waals surface area (Å²) in [6, 6.07) is 8.30. The fourth-order valence-electron chi connectivity index (χ4n) is 0.905. The summed E-state index contributed by atoms with van der Waals surface area (Å²) in [6.45, 7) is 1.82. The van der Waals surface area contributed by atoms with Crippen LogP contribution >= 0.6 is 0 Å². The molecule has 4 heteroatoms. The molecule has 4 nitrogen and oxygen atoms in total. The van der Waals surface area contributed by atoms with Crippen LogP contribution in [0.25, 0.3) is 0 Å². The van der Waals surface area contributed by atoms with E-state index in [9.17, 15) is 0 Å². The van der Waals surface area contributed by atoms with Gasteiger partial charge in [0.25, 0.3) is 6.47 Å². The average Bonchev–Trinajstić information content (AvgIpc) is 2.90. The predicted molar refractivity (Wildman–Crippen MR) is 47.5 cm³/mol. The lowest BCUT2D eigenvalue weighted by molar-refractivity contribution is -0.122. The van der Waals surface area contributed by atoms with E-state index in [1.165, 1.54) is 11.1 Å². The van der Waals surface area contributed by atoms with Crippen LogP contribution in [0.2, 0.25) is 0 Å². The van der Waals surface area contributed by atoms with Gasteiger partial charge in [-0.3, -0.25) is 4.79 Å². The Kier molecular flexibility index (Phi) is 3.14. The highest BCUT2D eigenvalue weighted by Gasteiger charge is 2.16. The van der Waals surface area contributed by atoms with E-state index in [1.807, 2.05) is 0 Å². The first-order chi connectivity index (χ1) is 6.27. The first kappa shape index (κ1) is 9.38. The Morgan fingerprint density at radius 1 is 1.31 bits per heavy atom. The molecule has 0 bridgehead atoms. The van der Waals surface area contributed by atoms with Crippen molar-refractivity contribution < 1.29 is 9.90 Å². The monoisotopic (exact) mass is 178 g/mol. The lowest BCUT2D eigenvalue weighted by Crippen LogP contribution is -1.78. The first-order valence-corrected chi connectivity index (χ1v) is 3.82. The summed E-state index contributed by atoms with van der Waals surface area (Å²) in [7, 11) is 0. The van der Waals surface area contributed by atoms with E-state index in [1.54, 1.807) is 0 Å². The van der Waals surface area contributed by atoms with E-state index in [0.717, 1.165) is 0 Å². The Morgan fingerprint density at radius 2 is 1.77 bits per heavy atom. The van der Waals surface area contributed by atoms with Crippen molar-refractivity contribution in [3.8, 4) is 0 Å². The molecule has 0 unspecified atom stereocenters. The number of hydrogen-bond donors (Lipinski definition) is 1. The summed E-state index contributed by atoms with van der Waals surface area (Å²) >= 11 is 0. The molecule has 0 aromatic heterocycles. The van der Waals surface area contributed by atoms with Crippen molar-refractivity contribution >= 4 is 6.47 Å². The molecule has 0 saturated carbocycles. The Balaban J connectivity index is 0.000000251. The van der Waals surface area contributed by atoms with Gasteiger partial charge in [0, 0.05) is 5.56 Å². The quantitative estimate of drug-likeness (QED) is 0.670. The molecule has 1 aliphatic rings. The zero-order valence-electron chi connectivity index (χ0n) is 7.21. The normalized spacial score (nSPS) is 13.0. The zero-order valence-corrected chi connectivity index (χ0v) is 7.21. The van der Waals surface area contributed by atoms with Crippen LogP contribution in [0.15, 0.2) is 34.5 Å². The van der Waals surface area contributed by atoms with Gasteiger partial charge in [0.1, 0.15) is 0 Å². The number of benzene rings is 1. The van der Waals surface area contributed by atoms with Gasteiger partial charge < -0.3 is 5.11 Å². The predicted octanol–water partition coefficient (Wildman–Crippen LogP) is 2.16. The second-order valence-corrected chi connectivity index (χ2v) is 2.62. The molecule has 0 atom stereocenters. The molecular formula is C9H10N2O2. The van der Waals surface area contributed by atoms with Crippen molar-refractivity contribution in [3.63, 3.8) is 0 Å². The van der Waals surface area contributed by atoms with E-state index >= 15 is 0 Å². The van der Waals surface area contributed by atoms with Crippen molar-refractivity contribution in [2.75, 3.05) is 0 Å². The van der Waals surface area contributed by atoms with Gasteiger partial charge >= 0.3 is 0 Å². The van der Waals surface area contributed by atoms with Crippen molar-refractivity contribution in [1.29, 1.82) is 0 Å². The molecule has 0 fully saturated rings. The maximum absolute atomic E-state index is 8.36. The van der Waals surface area contributed by atoms with E-state index in [-0.39, 0.29) is 12.6 Å². The highest BCUT2D eigenvalue weighted by molar-refractivity contribution is 5.32. The van der Waals surface area contributed by atoms with Crippen molar-refractivity contribution in [2.24, 2.45) is 10.2 Å².